The van der Waals surface area contributed by atoms with Gasteiger partial charge in [0.05, 0.1) is 12.1 Å². The largest absolute Gasteiger partial charge is 0.490 e. The summed E-state index contributed by atoms with van der Waals surface area (Å²) in [6.07, 6.45) is 2.80. The van der Waals surface area contributed by atoms with Crippen LogP contribution in [-0.4, -0.2) is 13.2 Å². The van der Waals surface area contributed by atoms with Crippen molar-refractivity contribution in [3.8, 4) is 5.75 Å². The van der Waals surface area contributed by atoms with Gasteiger partial charge in [0.1, 0.15) is 5.75 Å². The number of hydrogen-bond acceptors (Lipinski definition) is 2. The Labute approximate surface area is 131 Å². The van der Waals surface area contributed by atoms with E-state index < -0.39 is 0 Å². The first-order chi connectivity index (χ1) is 10.2. The third-order valence-electron chi connectivity index (χ3n) is 3.95. The Hall–Kier alpha value is -1.51. The zero-order valence-corrected chi connectivity index (χ0v) is 13.2. The quantitative estimate of drug-likeness (QED) is 0.878. The summed E-state index contributed by atoms with van der Waals surface area (Å²) in [5.74, 6) is 0.957. The van der Waals surface area contributed by atoms with Gasteiger partial charge in [-0.1, -0.05) is 35.9 Å². The average Bonchev–Trinajstić information content (AvgIpc) is 3.30. The van der Waals surface area contributed by atoms with Crippen LogP contribution in [0.4, 0.5) is 0 Å². The number of hydrogen-bond donors (Lipinski definition) is 1. The fourth-order valence-corrected chi connectivity index (χ4v) is 2.74. The lowest BCUT2D eigenvalue weighted by Crippen LogP contribution is -2.18. The van der Waals surface area contributed by atoms with E-state index in [2.05, 4.69) is 42.6 Å². The van der Waals surface area contributed by atoms with Crippen LogP contribution in [0, 0.1) is 6.92 Å². The van der Waals surface area contributed by atoms with E-state index in [0.29, 0.717) is 6.10 Å². The summed E-state index contributed by atoms with van der Waals surface area (Å²) in [4.78, 5) is 0. The second-order valence-electron chi connectivity index (χ2n) is 5.56. The maximum absolute atomic E-state index is 6.24. The molecule has 0 radical (unpaired) electrons. The Morgan fingerprint density at radius 1 is 1.14 bits per heavy atom. The van der Waals surface area contributed by atoms with E-state index in [9.17, 15) is 0 Å². The lowest BCUT2D eigenvalue weighted by molar-refractivity contribution is 0.303. The fraction of sp³-hybridized carbons (Fsp3) is 0.333. The minimum absolute atomic E-state index is 0.138. The van der Waals surface area contributed by atoms with Crippen molar-refractivity contribution in [1.29, 1.82) is 0 Å². The van der Waals surface area contributed by atoms with Crippen molar-refractivity contribution in [2.24, 2.45) is 0 Å². The molecule has 0 bridgehead atoms. The molecule has 3 heteroatoms. The molecular formula is C18H20ClNO. The Morgan fingerprint density at radius 2 is 1.86 bits per heavy atom. The third kappa shape index (κ3) is 3.22. The molecule has 0 saturated heterocycles. The van der Waals surface area contributed by atoms with Gasteiger partial charge in [-0.2, -0.15) is 0 Å². The minimum Gasteiger partial charge on any atom is -0.490 e. The Balaban J connectivity index is 1.86. The van der Waals surface area contributed by atoms with Crippen molar-refractivity contribution in [1.82, 2.24) is 5.32 Å². The monoisotopic (exact) mass is 301 g/mol. The Morgan fingerprint density at radius 3 is 2.48 bits per heavy atom. The van der Waals surface area contributed by atoms with Crippen LogP contribution in [0.25, 0.3) is 0 Å². The van der Waals surface area contributed by atoms with Gasteiger partial charge < -0.3 is 10.1 Å². The zero-order chi connectivity index (χ0) is 14.8. The second-order valence-corrected chi connectivity index (χ2v) is 5.97. The van der Waals surface area contributed by atoms with Crippen LogP contribution in [0.1, 0.15) is 35.6 Å². The molecule has 2 aromatic rings. The number of nitrogens with one attached hydrogen (secondary N) is 1. The molecule has 3 rings (SSSR count). The summed E-state index contributed by atoms with van der Waals surface area (Å²) in [6.45, 7) is 2.06. The van der Waals surface area contributed by atoms with E-state index in [1.54, 1.807) is 0 Å². The van der Waals surface area contributed by atoms with Crippen molar-refractivity contribution in [2.45, 2.75) is 31.9 Å². The normalized spacial score (nSPS) is 15.8. The van der Waals surface area contributed by atoms with Crippen LogP contribution in [0.3, 0.4) is 0 Å². The van der Waals surface area contributed by atoms with Crippen molar-refractivity contribution >= 4 is 11.6 Å². The molecule has 1 fully saturated rings. The molecule has 21 heavy (non-hydrogen) atoms. The van der Waals surface area contributed by atoms with Gasteiger partial charge in [-0.05, 0) is 61.7 Å². The maximum atomic E-state index is 6.24. The predicted molar refractivity (Wildman–Crippen MR) is 87.2 cm³/mol. The maximum Gasteiger partial charge on any atom is 0.119 e. The first kappa shape index (κ1) is 14.4. The van der Waals surface area contributed by atoms with Crippen molar-refractivity contribution in [3.05, 3.63) is 64.2 Å². The van der Waals surface area contributed by atoms with Crippen LogP contribution >= 0.6 is 11.6 Å². The van der Waals surface area contributed by atoms with E-state index in [0.717, 1.165) is 16.3 Å². The molecule has 0 aliphatic heterocycles. The van der Waals surface area contributed by atoms with E-state index in [1.807, 2.05) is 19.2 Å². The van der Waals surface area contributed by atoms with E-state index >= 15 is 0 Å². The summed E-state index contributed by atoms with van der Waals surface area (Å²) in [7, 11) is 1.97. The zero-order valence-electron chi connectivity index (χ0n) is 12.4. The third-order valence-corrected chi connectivity index (χ3v) is 4.36. The lowest BCUT2D eigenvalue weighted by atomic mass is 9.95. The molecule has 0 aromatic heterocycles. The van der Waals surface area contributed by atoms with Crippen LogP contribution in [0.15, 0.2) is 42.5 Å². The molecule has 1 aliphatic carbocycles. The molecule has 0 amide bonds. The smallest absolute Gasteiger partial charge is 0.119 e. The highest BCUT2D eigenvalue weighted by atomic mass is 35.5. The van der Waals surface area contributed by atoms with E-state index in [-0.39, 0.29) is 6.04 Å². The van der Waals surface area contributed by atoms with Gasteiger partial charge >= 0.3 is 0 Å². The number of rotatable bonds is 5. The lowest BCUT2D eigenvalue weighted by Gasteiger charge is -2.20. The average molecular weight is 302 g/mol. The Kier molecular flexibility index (Phi) is 4.18. The predicted octanol–water partition coefficient (Wildman–Crippen LogP) is 4.50. The summed E-state index contributed by atoms with van der Waals surface area (Å²) < 4.78 is 5.80. The van der Waals surface area contributed by atoms with Gasteiger partial charge in [-0.3, -0.25) is 0 Å². The molecule has 110 valence electrons. The second kappa shape index (κ2) is 6.08. The van der Waals surface area contributed by atoms with E-state index in [4.69, 9.17) is 16.3 Å². The highest BCUT2D eigenvalue weighted by molar-refractivity contribution is 6.31. The summed E-state index contributed by atoms with van der Waals surface area (Å²) in [5, 5.41) is 4.18. The Bertz CT molecular complexity index is 620. The topological polar surface area (TPSA) is 21.3 Å². The van der Waals surface area contributed by atoms with Crippen LogP contribution in [0.5, 0.6) is 5.75 Å². The van der Waals surface area contributed by atoms with Gasteiger partial charge in [0, 0.05) is 5.02 Å². The van der Waals surface area contributed by atoms with Gasteiger partial charge in [-0.25, -0.2) is 0 Å². The van der Waals surface area contributed by atoms with Crippen molar-refractivity contribution in [3.63, 3.8) is 0 Å². The first-order valence-electron chi connectivity index (χ1n) is 7.38. The van der Waals surface area contributed by atoms with Gasteiger partial charge in [0.25, 0.3) is 0 Å². The van der Waals surface area contributed by atoms with E-state index in [1.165, 1.54) is 24.0 Å². The number of benzene rings is 2. The van der Waals surface area contributed by atoms with Crippen molar-refractivity contribution in [2.75, 3.05) is 7.05 Å². The molecule has 1 unspecified atom stereocenters. The highest BCUT2D eigenvalue weighted by Gasteiger charge is 2.23. The molecule has 2 aromatic carbocycles. The molecule has 1 N–H and O–H groups in total. The molecule has 1 saturated carbocycles. The van der Waals surface area contributed by atoms with Gasteiger partial charge in [0.15, 0.2) is 0 Å². The molecule has 1 aliphatic rings. The summed E-state index contributed by atoms with van der Waals surface area (Å²) >= 11 is 6.24. The first-order valence-corrected chi connectivity index (χ1v) is 7.75. The SMILES string of the molecule is CNC(c1ccc(OC2CC2)cc1)c1cccc(Cl)c1C. The molecule has 0 heterocycles. The molecule has 0 spiro atoms. The standard InChI is InChI=1S/C18H20ClNO/c1-12-16(4-3-5-17(12)19)18(20-2)13-6-8-14(9-7-13)21-15-10-11-15/h3-9,15,18,20H,10-11H2,1-2H3. The molecule has 1 atom stereocenters. The van der Waals surface area contributed by atoms with Crippen molar-refractivity contribution < 1.29 is 4.74 Å². The van der Waals surface area contributed by atoms with Crippen LogP contribution < -0.4 is 10.1 Å². The molecular weight excluding hydrogens is 282 g/mol. The summed E-state index contributed by atoms with van der Waals surface area (Å²) in [6, 6.07) is 14.5. The highest BCUT2D eigenvalue weighted by Crippen LogP contribution is 2.31. The fourth-order valence-electron chi connectivity index (χ4n) is 2.56. The number of ether oxygens (including phenoxy) is 1. The van der Waals surface area contributed by atoms with Gasteiger partial charge in [-0.15, -0.1) is 0 Å². The summed E-state index contributed by atoms with van der Waals surface area (Å²) in [5.41, 5.74) is 3.55. The number of halogens is 1. The minimum atomic E-state index is 0.138. The van der Waals surface area contributed by atoms with Crippen LogP contribution in [0.2, 0.25) is 5.02 Å². The van der Waals surface area contributed by atoms with Gasteiger partial charge in [0.2, 0.25) is 0 Å². The van der Waals surface area contributed by atoms with Crippen LogP contribution in [-0.2, 0) is 0 Å². The molecule has 2 nitrogen and oxygen atoms in total.